The average molecular weight is 289 g/mol. The van der Waals surface area contributed by atoms with Crippen LogP contribution < -0.4 is 0 Å². The molecule has 1 aliphatic heterocycles. The van der Waals surface area contributed by atoms with Crippen LogP contribution in [0.1, 0.15) is 10.4 Å². The van der Waals surface area contributed by atoms with Gasteiger partial charge in [-0.2, -0.15) is 0 Å². The summed E-state index contributed by atoms with van der Waals surface area (Å²) in [4.78, 5) is 16.0. The van der Waals surface area contributed by atoms with Crippen molar-refractivity contribution < 1.29 is 13.6 Å². The third kappa shape index (κ3) is 3.49. The zero-order valence-corrected chi connectivity index (χ0v) is 11.4. The molecular weight excluding hydrogens is 274 g/mol. The molecule has 0 spiro atoms. The van der Waals surface area contributed by atoms with E-state index in [1.165, 1.54) is 0 Å². The normalized spacial score (nSPS) is 17.7. The van der Waals surface area contributed by atoms with Gasteiger partial charge in [-0.15, -0.1) is 0 Å². The van der Waals surface area contributed by atoms with E-state index in [0.29, 0.717) is 0 Å². The summed E-state index contributed by atoms with van der Waals surface area (Å²) in [7, 11) is 2.00. The maximum absolute atomic E-state index is 13.6. The zero-order chi connectivity index (χ0) is 14.0. The van der Waals surface area contributed by atoms with E-state index >= 15 is 0 Å². The second-order valence-electron chi connectivity index (χ2n) is 4.75. The number of carbonyl (C=O) groups is 1. The Labute approximate surface area is 115 Å². The van der Waals surface area contributed by atoms with Crippen LogP contribution in [0.4, 0.5) is 8.78 Å². The Hall–Kier alpha value is -1.04. The molecule has 0 saturated carbocycles. The molecule has 2 rings (SSSR count). The molecule has 0 aromatic heterocycles. The molecule has 1 aliphatic rings. The molecule has 0 bridgehead atoms. The molecular formula is C13H15ClF2N2O. The van der Waals surface area contributed by atoms with Crippen molar-refractivity contribution in [3.8, 4) is 0 Å². The standard InChI is InChI=1S/C13H15ClF2N2O/c1-17-2-4-18(5-3-17)8-12(19)13-10(15)6-9(14)7-11(13)16/h6-7H,2-5,8H2,1H3. The lowest BCUT2D eigenvalue weighted by Crippen LogP contribution is -2.46. The summed E-state index contributed by atoms with van der Waals surface area (Å²) in [6.07, 6.45) is 0. The van der Waals surface area contributed by atoms with Crippen LogP contribution in [0.5, 0.6) is 0 Å². The SMILES string of the molecule is CN1CCN(CC(=O)c2c(F)cc(Cl)cc2F)CC1. The van der Waals surface area contributed by atoms with Crippen LogP contribution in [0, 0.1) is 11.6 Å². The van der Waals surface area contributed by atoms with Crippen LogP contribution in [0.25, 0.3) is 0 Å². The molecule has 6 heteroatoms. The summed E-state index contributed by atoms with van der Waals surface area (Å²) in [5.41, 5.74) is -0.497. The highest BCUT2D eigenvalue weighted by molar-refractivity contribution is 6.30. The molecule has 19 heavy (non-hydrogen) atoms. The highest BCUT2D eigenvalue weighted by atomic mass is 35.5. The lowest BCUT2D eigenvalue weighted by molar-refractivity contribution is 0.0868. The van der Waals surface area contributed by atoms with Gasteiger partial charge in [0, 0.05) is 31.2 Å². The lowest BCUT2D eigenvalue weighted by atomic mass is 10.1. The van der Waals surface area contributed by atoms with Gasteiger partial charge in [-0.25, -0.2) is 8.78 Å². The van der Waals surface area contributed by atoms with Crippen molar-refractivity contribution in [1.29, 1.82) is 0 Å². The van der Waals surface area contributed by atoms with Crippen molar-refractivity contribution in [3.05, 3.63) is 34.4 Å². The lowest BCUT2D eigenvalue weighted by Gasteiger charge is -2.31. The smallest absolute Gasteiger partial charge is 0.182 e. The third-order valence-corrected chi connectivity index (χ3v) is 3.47. The van der Waals surface area contributed by atoms with E-state index < -0.39 is 23.0 Å². The summed E-state index contributed by atoms with van der Waals surface area (Å²) < 4.78 is 27.2. The highest BCUT2D eigenvalue weighted by Crippen LogP contribution is 2.19. The summed E-state index contributed by atoms with van der Waals surface area (Å²) in [5.74, 6) is -2.34. The first-order chi connectivity index (χ1) is 8.97. The van der Waals surface area contributed by atoms with E-state index in [4.69, 9.17) is 11.6 Å². The van der Waals surface area contributed by atoms with Gasteiger partial charge in [-0.05, 0) is 19.2 Å². The Balaban J connectivity index is 2.08. The fourth-order valence-electron chi connectivity index (χ4n) is 2.10. The summed E-state index contributed by atoms with van der Waals surface area (Å²) in [5, 5.41) is -0.0499. The predicted octanol–water partition coefficient (Wildman–Crippen LogP) is 2.05. The second-order valence-corrected chi connectivity index (χ2v) is 5.18. The molecule has 3 nitrogen and oxygen atoms in total. The number of carbonyl (C=O) groups excluding carboxylic acids is 1. The third-order valence-electron chi connectivity index (χ3n) is 3.25. The van der Waals surface area contributed by atoms with Gasteiger partial charge in [0.15, 0.2) is 5.78 Å². The summed E-state index contributed by atoms with van der Waals surface area (Å²) in [6.45, 7) is 3.17. The van der Waals surface area contributed by atoms with Crippen molar-refractivity contribution in [3.63, 3.8) is 0 Å². The van der Waals surface area contributed by atoms with E-state index in [9.17, 15) is 13.6 Å². The zero-order valence-electron chi connectivity index (χ0n) is 10.6. The molecule has 0 aliphatic carbocycles. The number of Topliss-reactive ketones (excluding diaryl/α,β-unsaturated/α-hetero) is 1. The van der Waals surface area contributed by atoms with E-state index in [-0.39, 0.29) is 11.6 Å². The van der Waals surface area contributed by atoms with Gasteiger partial charge in [-0.3, -0.25) is 9.69 Å². The fourth-order valence-corrected chi connectivity index (χ4v) is 2.29. The van der Waals surface area contributed by atoms with E-state index in [0.717, 1.165) is 38.3 Å². The first-order valence-electron chi connectivity index (χ1n) is 6.06. The first kappa shape index (κ1) is 14.4. The first-order valence-corrected chi connectivity index (χ1v) is 6.44. The van der Waals surface area contributed by atoms with Crippen molar-refractivity contribution in [2.45, 2.75) is 0 Å². The largest absolute Gasteiger partial charge is 0.304 e. The Morgan fingerprint density at radius 1 is 1.21 bits per heavy atom. The molecule has 1 fully saturated rings. The molecule has 0 amide bonds. The van der Waals surface area contributed by atoms with Crippen LogP contribution in [0.3, 0.4) is 0 Å². The van der Waals surface area contributed by atoms with Gasteiger partial charge in [0.05, 0.1) is 12.1 Å². The summed E-state index contributed by atoms with van der Waals surface area (Å²) in [6, 6.07) is 1.92. The van der Waals surface area contributed by atoms with Gasteiger partial charge < -0.3 is 4.90 Å². The van der Waals surface area contributed by atoms with Gasteiger partial charge in [0.1, 0.15) is 11.6 Å². The number of ketones is 1. The summed E-state index contributed by atoms with van der Waals surface area (Å²) >= 11 is 5.53. The number of nitrogens with zero attached hydrogens (tertiary/aromatic N) is 2. The molecule has 0 atom stereocenters. The second kappa shape index (κ2) is 5.94. The number of benzene rings is 1. The molecule has 1 aromatic carbocycles. The maximum atomic E-state index is 13.6. The molecule has 0 N–H and O–H groups in total. The predicted molar refractivity (Wildman–Crippen MR) is 69.6 cm³/mol. The van der Waals surface area contributed by atoms with E-state index in [1.54, 1.807) is 0 Å². The molecule has 1 aromatic rings. The van der Waals surface area contributed by atoms with Gasteiger partial charge in [0.2, 0.25) is 0 Å². The van der Waals surface area contributed by atoms with Crippen LogP contribution in [-0.4, -0.2) is 55.4 Å². The van der Waals surface area contributed by atoms with Gasteiger partial charge in [-0.1, -0.05) is 11.6 Å². The van der Waals surface area contributed by atoms with Gasteiger partial charge in [0.25, 0.3) is 0 Å². The molecule has 1 heterocycles. The number of piperazine rings is 1. The highest BCUT2D eigenvalue weighted by Gasteiger charge is 2.22. The molecule has 0 radical (unpaired) electrons. The van der Waals surface area contributed by atoms with Crippen LogP contribution in [0.15, 0.2) is 12.1 Å². The molecule has 104 valence electrons. The Morgan fingerprint density at radius 2 is 1.74 bits per heavy atom. The minimum absolute atomic E-state index is 0.0311. The molecule has 1 saturated heterocycles. The topological polar surface area (TPSA) is 23.6 Å². The van der Waals surface area contributed by atoms with Crippen molar-refractivity contribution in [2.75, 3.05) is 39.8 Å². The fraction of sp³-hybridized carbons (Fsp3) is 0.462. The van der Waals surface area contributed by atoms with Crippen molar-refractivity contribution in [2.24, 2.45) is 0 Å². The Kier molecular flexibility index (Phi) is 4.50. The monoisotopic (exact) mass is 288 g/mol. The minimum atomic E-state index is -0.899. The number of hydrogen-bond donors (Lipinski definition) is 0. The average Bonchev–Trinajstić information content (AvgIpc) is 2.30. The Bertz CT molecular complexity index is 465. The van der Waals surface area contributed by atoms with E-state index in [1.807, 2.05) is 11.9 Å². The molecule has 0 unspecified atom stereocenters. The maximum Gasteiger partial charge on any atom is 0.182 e. The minimum Gasteiger partial charge on any atom is -0.304 e. The van der Waals surface area contributed by atoms with Crippen LogP contribution in [-0.2, 0) is 0 Å². The van der Waals surface area contributed by atoms with Crippen LogP contribution in [0.2, 0.25) is 5.02 Å². The quantitative estimate of drug-likeness (QED) is 0.796. The number of hydrogen-bond acceptors (Lipinski definition) is 3. The number of rotatable bonds is 3. The van der Waals surface area contributed by atoms with Crippen LogP contribution >= 0.6 is 11.6 Å². The van der Waals surface area contributed by atoms with Gasteiger partial charge >= 0.3 is 0 Å². The number of halogens is 3. The number of likely N-dealkylation sites (N-methyl/N-ethyl adjacent to an activating group) is 1. The van der Waals surface area contributed by atoms with Crippen molar-refractivity contribution >= 4 is 17.4 Å². The Morgan fingerprint density at radius 3 is 2.26 bits per heavy atom. The van der Waals surface area contributed by atoms with E-state index in [2.05, 4.69) is 4.90 Å². The van der Waals surface area contributed by atoms with Crippen molar-refractivity contribution in [1.82, 2.24) is 9.80 Å².